The van der Waals surface area contributed by atoms with E-state index in [2.05, 4.69) is 15.9 Å². The van der Waals surface area contributed by atoms with E-state index in [0.717, 1.165) is 63.4 Å². The van der Waals surface area contributed by atoms with Crippen LogP contribution in [-0.4, -0.2) is 55.2 Å². The van der Waals surface area contributed by atoms with Gasteiger partial charge in [-0.15, -0.1) is 0 Å². The Balaban J connectivity index is 1.17. The van der Waals surface area contributed by atoms with E-state index in [1.54, 1.807) is 6.07 Å². The molecule has 6 nitrogen and oxygen atoms in total. The second-order valence-electron chi connectivity index (χ2n) is 7.67. The van der Waals surface area contributed by atoms with Crippen LogP contribution in [0.2, 0.25) is 0 Å². The summed E-state index contributed by atoms with van der Waals surface area (Å²) in [5.74, 6) is 0.399. The summed E-state index contributed by atoms with van der Waals surface area (Å²) in [5, 5.41) is 11.5. The first kappa shape index (κ1) is 19.7. The summed E-state index contributed by atoms with van der Waals surface area (Å²) in [6, 6.07) is 15.5. The molecule has 0 aromatic heterocycles. The molecule has 0 aliphatic carbocycles. The molecule has 4 rings (SSSR count). The second kappa shape index (κ2) is 9.29. The minimum absolute atomic E-state index is 0.0454. The van der Waals surface area contributed by atoms with E-state index in [0.29, 0.717) is 18.8 Å². The van der Waals surface area contributed by atoms with Crippen LogP contribution >= 0.6 is 0 Å². The van der Waals surface area contributed by atoms with Gasteiger partial charge in [0.15, 0.2) is 0 Å². The van der Waals surface area contributed by atoms with Crippen molar-refractivity contribution in [3.63, 3.8) is 0 Å². The maximum atomic E-state index is 12.2. The molecule has 1 N–H and O–H groups in total. The summed E-state index contributed by atoms with van der Waals surface area (Å²) in [7, 11) is 0. The zero-order valence-electron chi connectivity index (χ0n) is 16.8. The van der Waals surface area contributed by atoms with Crippen molar-refractivity contribution in [2.24, 2.45) is 0 Å². The van der Waals surface area contributed by atoms with Crippen LogP contribution in [0.25, 0.3) is 0 Å². The van der Waals surface area contributed by atoms with Crippen molar-refractivity contribution in [3.8, 4) is 5.75 Å². The molecule has 0 spiro atoms. The van der Waals surface area contributed by atoms with Crippen LogP contribution in [0, 0.1) is 0 Å². The van der Waals surface area contributed by atoms with Crippen LogP contribution in [-0.2, 0) is 16.1 Å². The normalized spacial score (nSPS) is 17.4. The predicted molar refractivity (Wildman–Crippen MR) is 114 cm³/mol. The maximum Gasteiger partial charge on any atom is 0.251 e. The lowest BCUT2D eigenvalue weighted by Crippen LogP contribution is -2.46. The van der Waals surface area contributed by atoms with Crippen LogP contribution in [0.1, 0.15) is 24.8 Å². The van der Waals surface area contributed by atoms with Crippen molar-refractivity contribution >= 4 is 17.3 Å². The Bertz CT molecular complexity index is 834. The molecule has 6 heteroatoms. The number of fused-ring (bicyclic) bond motifs is 1. The average Bonchev–Trinajstić information content (AvgIpc) is 2.76. The van der Waals surface area contributed by atoms with Crippen molar-refractivity contribution < 1.29 is 14.7 Å². The highest BCUT2D eigenvalue weighted by atomic mass is 16.7. The third-order valence-electron chi connectivity index (χ3n) is 5.73. The number of amides is 1. The molecule has 0 unspecified atom stereocenters. The summed E-state index contributed by atoms with van der Waals surface area (Å²) in [4.78, 5) is 22.7. The predicted octanol–water partition coefficient (Wildman–Crippen LogP) is 3.21. The zero-order valence-corrected chi connectivity index (χ0v) is 16.8. The number of phenols is 1. The number of unbranched alkanes of at least 4 members (excludes halogenated alkanes) is 1. The monoisotopic (exact) mass is 395 g/mol. The number of hydrogen-bond acceptors (Lipinski definition) is 5. The van der Waals surface area contributed by atoms with E-state index >= 15 is 0 Å². The molecule has 2 aromatic rings. The van der Waals surface area contributed by atoms with Crippen LogP contribution in [0.3, 0.4) is 0 Å². The lowest BCUT2D eigenvalue weighted by molar-refractivity contribution is -0.126. The molecule has 2 aliphatic rings. The lowest BCUT2D eigenvalue weighted by Gasteiger charge is -2.36. The Morgan fingerprint density at radius 1 is 0.862 bits per heavy atom. The molecule has 154 valence electrons. The third kappa shape index (κ3) is 4.71. The Morgan fingerprint density at radius 2 is 1.59 bits per heavy atom. The molecule has 2 heterocycles. The van der Waals surface area contributed by atoms with Gasteiger partial charge in [-0.25, -0.2) is 0 Å². The highest BCUT2D eigenvalue weighted by molar-refractivity contribution is 5.94. The molecule has 2 aliphatic heterocycles. The first-order valence-corrected chi connectivity index (χ1v) is 10.5. The molecule has 0 bridgehead atoms. The van der Waals surface area contributed by atoms with E-state index in [-0.39, 0.29) is 5.91 Å². The second-order valence-corrected chi connectivity index (χ2v) is 7.67. The fourth-order valence-electron chi connectivity index (χ4n) is 4.08. The highest BCUT2D eigenvalue weighted by Crippen LogP contribution is 2.28. The third-order valence-corrected chi connectivity index (χ3v) is 5.73. The van der Waals surface area contributed by atoms with Crippen LogP contribution in [0.15, 0.2) is 48.5 Å². The Kier molecular flexibility index (Phi) is 6.32. The number of carbonyl (C=O) groups excluding carboxylic acids is 1. The van der Waals surface area contributed by atoms with Gasteiger partial charge in [0.25, 0.3) is 5.91 Å². The number of hydrogen-bond donors (Lipinski definition) is 1. The molecule has 2 aromatic carbocycles. The number of para-hydroxylation sites is 3. The quantitative estimate of drug-likeness (QED) is 0.730. The van der Waals surface area contributed by atoms with E-state index in [4.69, 9.17) is 4.84 Å². The number of anilines is 2. The minimum Gasteiger partial charge on any atom is -0.506 e. The maximum absolute atomic E-state index is 12.2. The van der Waals surface area contributed by atoms with Gasteiger partial charge in [0.2, 0.25) is 0 Å². The van der Waals surface area contributed by atoms with Gasteiger partial charge >= 0.3 is 0 Å². The summed E-state index contributed by atoms with van der Waals surface area (Å²) < 4.78 is 0. The summed E-state index contributed by atoms with van der Waals surface area (Å²) >= 11 is 0. The molecule has 1 amide bonds. The van der Waals surface area contributed by atoms with E-state index in [1.807, 2.05) is 36.4 Å². The van der Waals surface area contributed by atoms with E-state index in [1.165, 1.54) is 10.6 Å². The van der Waals surface area contributed by atoms with Gasteiger partial charge in [0.1, 0.15) is 5.75 Å². The van der Waals surface area contributed by atoms with Crippen molar-refractivity contribution in [2.75, 3.05) is 49.3 Å². The molecule has 1 saturated heterocycles. The number of carbonyl (C=O) groups is 1. The van der Waals surface area contributed by atoms with Crippen molar-refractivity contribution in [3.05, 3.63) is 54.1 Å². The Hall–Kier alpha value is -2.57. The Labute approximate surface area is 172 Å². The number of hydroxylamine groups is 1. The average molecular weight is 396 g/mol. The SMILES string of the molecule is O=C1CCc2ccccc2N1OCCCCN1CCN(c2ccccc2O)CC1. The topological polar surface area (TPSA) is 56.2 Å². The first-order valence-electron chi connectivity index (χ1n) is 10.5. The number of aryl methyl sites for hydroxylation is 1. The van der Waals surface area contributed by atoms with Gasteiger partial charge in [-0.2, -0.15) is 5.06 Å². The smallest absolute Gasteiger partial charge is 0.251 e. The largest absolute Gasteiger partial charge is 0.506 e. The van der Waals surface area contributed by atoms with Crippen LogP contribution in [0.5, 0.6) is 5.75 Å². The van der Waals surface area contributed by atoms with Gasteiger partial charge in [-0.05, 0) is 49.6 Å². The number of aromatic hydroxyl groups is 1. The van der Waals surface area contributed by atoms with E-state index in [9.17, 15) is 9.90 Å². The lowest BCUT2D eigenvalue weighted by atomic mass is 10.0. The standard InChI is InChI=1S/C23H29N3O3/c27-22-10-4-3-9-21(22)25-16-14-24(15-17-25)13-5-6-18-29-26-20-8-2-1-7-19(20)11-12-23(26)28/h1-4,7-10,27H,5-6,11-18H2. The fraction of sp³-hybridized carbons (Fsp3) is 0.435. The summed E-state index contributed by atoms with van der Waals surface area (Å²) in [6.45, 7) is 5.42. The minimum atomic E-state index is 0.0454. The summed E-state index contributed by atoms with van der Waals surface area (Å²) in [6.07, 6.45) is 3.27. The van der Waals surface area contributed by atoms with Gasteiger partial charge < -0.3 is 10.0 Å². The first-order chi connectivity index (χ1) is 14.2. The molecule has 29 heavy (non-hydrogen) atoms. The van der Waals surface area contributed by atoms with E-state index < -0.39 is 0 Å². The van der Waals surface area contributed by atoms with Gasteiger partial charge in [0.05, 0.1) is 18.0 Å². The van der Waals surface area contributed by atoms with Crippen molar-refractivity contribution in [1.82, 2.24) is 4.90 Å². The number of phenolic OH excluding ortho intramolecular Hbond substituents is 1. The van der Waals surface area contributed by atoms with Gasteiger partial charge in [-0.3, -0.25) is 14.5 Å². The number of rotatable bonds is 7. The van der Waals surface area contributed by atoms with Crippen molar-refractivity contribution in [1.29, 1.82) is 0 Å². The molecule has 0 saturated carbocycles. The van der Waals surface area contributed by atoms with Crippen LogP contribution in [0.4, 0.5) is 11.4 Å². The zero-order chi connectivity index (χ0) is 20.1. The number of nitrogens with zero attached hydrogens (tertiary/aromatic N) is 3. The van der Waals surface area contributed by atoms with Gasteiger partial charge in [-0.1, -0.05) is 30.3 Å². The highest BCUT2D eigenvalue weighted by Gasteiger charge is 2.24. The molecular formula is C23H29N3O3. The van der Waals surface area contributed by atoms with Gasteiger partial charge in [0, 0.05) is 32.6 Å². The van der Waals surface area contributed by atoms with Crippen molar-refractivity contribution in [2.45, 2.75) is 25.7 Å². The number of benzene rings is 2. The fourth-order valence-corrected chi connectivity index (χ4v) is 4.08. The number of piperazine rings is 1. The summed E-state index contributed by atoms with van der Waals surface area (Å²) in [5.41, 5.74) is 2.99. The van der Waals surface area contributed by atoms with Crippen LogP contribution < -0.4 is 9.96 Å². The molecule has 0 radical (unpaired) electrons. The Morgan fingerprint density at radius 3 is 2.38 bits per heavy atom. The molecular weight excluding hydrogens is 366 g/mol. The molecule has 1 fully saturated rings. The molecule has 0 atom stereocenters.